The van der Waals surface area contributed by atoms with Crippen LogP contribution in [0, 0.1) is 6.92 Å². The summed E-state index contributed by atoms with van der Waals surface area (Å²) in [5.74, 6) is 0.426. The molecule has 0 radical (unpaired) electrons. The Bertz CT molecular complexity index is 666. The van der Waals surface area contributed by atoms with Gasteiger partial charge in [-0.2, -0.15) is 5.10 Å². The highest BCUT2D eigenvalue weighted by atomic mass is 16.5. The van der Waals surface area contributed by atoms with E-state index in [1.165, 1.54) is 6.26 Å². The van der Waals surface area contributed by atoms with Gasteiger partial charge in [0.2, 0.25) is 0 Å². The Hall–Kier alpha value is -2.35. The molecule has 1 aliphatic heterocycles. The largest absolute Gasteiger partial charge is 0.371 e. The fraction of sp³-hybridized carbons (Fsp3) is 0.533. The van der Waals surface area contributed by atoms with Crippen molar-refractivity contribution in [2.75, 3.05) is 11.9 Å². The third-order valence-corrected chi connectivity index (χ3v) is 3.92. The van der Waals surface area contributed by atoms with Crippen molar-refractivity contribution < 1.29 is 14.1 Å². The number of nitrogens with one attached hydrogen (secondary N) is 2. The van der Waals surface area contributed by atoms with Crippen molar-refractivity contribution >= 4 is 11.8 Å². The Kier molecular flexibility index (Phi) is 4.61. The van der Waals surface area contributed by atoms with Crippen molar-refractivity contribution in [1.29, 1.82) is 0 Å². The van der Waals surface area contributed by atoms with E-state index in [2.05, 4.69) is 20.9 Å². The summed E-state index contributed by atoms with van der Waals surface area (Å²) in [6.45, 7) is 5.33. The lowest BCUT2D eigenvalue weighted by Crippen LogP contribution is -2.44. The van der Waals surface area contributed by atoms with Gasteiger partial charge in [0.05, 0.1) is 12.2 Å². The third kappa shape index (κ3) is 3.53. The number of aromatic nitrogens is 3. The second-order valence-electron chi connectivity index (χ2n) is 5.61. The van der Waals surface area contributed by atoms with E-state index in [0.29, 0.717) is 12.4 Å². The number of nitrogens with zero attached hydrogens (tertiary/aromatic N) is 3. The molecule has 0 aliphatic carbocycles. The minimum Gasteiger partial charge on any atom is -0.371 e. The van der Waals surface area contributed by atoms with Crippen LogP contribution in [0.25, 0.3) is 0 Å². The number of carbonyl (C=O) groups is 1. The van der Waals surface area contributed by atoms with Crippen LogP contribution in [0.15, 0.2) is 23.2 Å². The van der Waals surface area contributed by atoms with E-state index in [4.69, 9.17) is 9.26 Å². The minimum atomic E-state index is -0.314. The smallest absolute Gasteiger partial charge is 0.320 e. The molecule has 8 heteroatoms. The highest BCUT2D eigenvalue weighted by molar-refractivity contribution is 5.89. The number of hydrogen-bond donors (Lipinski definition) is 2. The second kappa shape index (κ2) is 6.82. The van der Waals surface area contributed by atoms with E-state index >= 15 is 0 Å². The Morgan fingerprint density at radius 1 is 1.52 bits per heavy atom. The zero-order valence-corrected chi connectivity index (χ0v) is 13.3. The maximum atomic E-state index is 12.2. The van der Waals surface area contributed by atoms with Gasteiger partial charge in [0, 0.05) is 30.5 Å². The van der Waals surface area contributed by atoms with Crippen LogP contribution in [0.4, 0.5) is 10.6 Å². The van der Waals surface area contributed by atoms with Crippen LogP contribution < -0.4 is 10.6 Å². The van der Waals surface area contributed by atoms with Crippen LogP contribution in [0.2, 0.25) is 0 Å². The zero-order valence-electron chi connectivity index (χ0n) is 13.3. The Morgan fingerprint density at radius 2 is 2.39 bits per heavy atom. The van der Waals surface area contributed by atoms with Crippen molar-refractivity contribution in [3.05, 3.63) is 29.8 Å². The molecule has 2 atom stereocenters. The van der Waals surface area contributed by atoms with E-state index < -0.39 is 0 Å². The van der Waals surface area contributed by atoms with Crippen molar-refractivity contribution in [3.8, 4) is 0 Å². The normalized spacial score (nSPS) is 21.1. The average Bonchev–Trinajstić information content (AvgIpc) is 3.17. The predicted molar refractivity (Wildman–Crippen MR) is 83.0 cm³/mol. The first kappa shape index (κ1) is 15.5. The molecule has 3 rings (SSSR count). The molecular formula is C15H21N5O3. The fourth-order valence-electron chi connectivity index (χ4n) is 2.68. The summed E-state index contributed by atoms with van der Waals surface area (Å²) >= 11 is 0. The van der Waals surface area contributed by atoms with Crippen LogP contribution in [0.5, 0.6) is 0 Å². The Labute approximate surface area is 134 Å². The molecule has 1 saturated heterocycles. The van der Waals surface area contributed by atoms with E-state index in [-0.39, 0.29) is 18.2 Å². The summed E-state index contributed by atoms with van der Waals surface area (Å²) in [7, 11) is 0. The number of aryl methyl sites for hydroxylation is 2. The number of rotatable bonds is 4. The number of anilines is 1. The summed E-state index contributed by atoms with van der Waals surface area (Å²) < 4.78 is 12.5. The van der Waals surface area contributed by atoms with Gasteiger partial charge in [-0.1, -0.05) is 5.16 Å². The quantitative estimate of drug-likeness (QED) is 0.901. The topological polar surface area (TPSA) is 94.2 Å². The highest BCUT2D eigenvalue weighted by Crippen LogP contribution is 2.28. The van der Waals surface area contributed by atoms with Gasteiger partial charge >= 0.3 is 6.03 Å². The number of urea groups is 1. The van der Waals surface area contributed by atoms with E-state index in [0.717, 1.165) is 30.5 Å². The Morgan fingerprint density at radius 3 is 3.09 bits per heavy atom. The molecule has 2 N–H and O–H groups in total. The Balaban J connectivity index is 1.66. The molecule has 2 amide bonds. The van der Waals surface area contributed by atoms with Crippen LogP contribution in [0.1, 0.15) is 37.0 Å². The number of amides is 2. The van der Waals surface area contributed by atoms with Gasteiger partial charge in [-0.3, -0.25) is 10.00 Å². The molecule has 0 saturated carbocycles. The molecule has 0 unspecified atom stereocenters. The molecule has 3 heterocycles. The second-order valence-corrected chi connectivity index (χ2v) is 5.61. The summed E-state index contributed by atoms with van der Waals surface area (Å²) in [6, 6.07) is -0.421. The van der Waals surface area contributed by atoms with Crippen LogP contribution in [-0.4, -0.2) is 33.6 Å². The molecule has 124 valence electrons. The maximum absolute atomic E-state index is 12.2. The van der Waals surface area contributed by atoms with Crippen molar-refractivity contribution in [1.82, 2.24) is 20.3 Å². The van der Waals surface area contributed by atoms with Gasteiger partial charge in [0.15, 0.2) is 5.82 Å². The SMILES string of the molecule is CCn1cc([C@H]2OCCC[C@@H]2NC(=O)Nc2nocc2C)cn1. The molecule has 1 aliphatic rings. The van der Waals surface area contributed by atoms with Crippen LogP contribution in [0.3, 0.4) is 0 Å². The molecule has 0 spiro atoms. The molecular weight excluding hydrogens is 298 g/mol. The van der Waals surface area contributed by atoms with Gasteiger partial charge < -0.3 is 14.6 Å². The van der Waals surface area contributed by atoms with Crippen molar-refractivity contribution in [2.45, 2.75) is 45.4 Å². The van der Waals surface area contributed by atoms with Crippen molar-refractivity contribution in [2.24, 2.45) is 0 Å². The lowest BCUT2D eigenvalue weighted by atomic mass is 9.98. The van der Waals surface area contributed by atoms with E-state index in [1.54, 1.807) is 6.20 Å². The molecule has 23 heavy (non-hydrogen) atoms. The average molecular weight is 319 g/mol. The minimum absolute atomic E-state index is 0.106. The molecule has 2 aromatic heterocycles. The van der Waals surface area contributed by atoms with Gasteiger partial charge in [-0.05, 0) is 26.7 Å². The molecule has 0 bridgehead atoms. The molecule has 0 aromatic carbocycles. The maximum Gasteiger partial charge on any atom is 0.320 e. The molecule has 1 fully saturated rings. The van der Waals surface area contributed by atoms with Crippen LogP contribution in [-0.2, 0) is 11.3 Å². The molecule has 2 aromatic rings. The lowest BCUT2D eigenvalue weighted by Gasteiger charge is -2.31. The highest BCUT2D eigenvalue weighted by Gasteiger charge is 2.30. The fourth-order valence-corrected chi connectivity index (χ4v) is 2.68. The summed E-state index contributed by atoms with van der Waals surface area (Å²) in [5.41, 5.74) is 1.76. The van der Waals surface area contributed by atoms with Gasteiger partial charge in [0.25, 0.3) is 0 Å². The van der Waals surface area contributed by atoms with E-state index in [9.17, 15) is 4.79 Å². The summed E-state index contributed by atoms with van der Waals surface area (Å²) in [6.07, 6.45) is 6.83. The number of carbonyl (C=O) groups excluding carboxylic acids is 1. The third-order valence-electron chi connectivity index (χ3n) is 3.92. The monoisotopic (exact) mass is 319 g/mol. The van der Waals surface area contributed by atoms with Gasteiger partial charge in [-0.25, -0.2) is 4.79 Å². The summed E-state index contributed by atoms with van der Waals surface area (Å²) in [4.78, 5) is 12.2. The first-order valence-corrected chi connectivity index (χ1v) is 7.80. The number of hydrogen-bond acceptors (Lipinski definition) is 5. The summed E-state index contributed by atoms with van der Waals surface area (Å²) in [5, 5.41) is 13.7. The van der Waals surface area contributed by atoms with Gasteiger partial charge in [0.1, 0.15) is 12.4 Å². The molecule has 8 nitrogen and oxygen atoms in total. The predicted octanol–water partition coefficient (Wildman–Crippen LogP) is 2.24. The standard InChI is InChI=1S/C15H21N5O3/c1-3-20-8-11(7-16-20)13-12(5-4-6-22-13)17-15(21)18-14-10(2)9-23-19-14/h7-9,12-13H,3-6H2,1-2H3,(H2,17,18,19,21)/t12-,13+/m0/s1. The van der Waals surface area contributed by atoms with E-state index in [1.807, 2.05) is 24.7 Å². The van der Waals surface area contributed by atoms with Crippen molar-refractivity contribution in [3.63, 3.8) is 0 Å². The zero-order chi connectivity index (χ0) is 16.2. The van der Waals surface area contributed by atoms with Gasteiger partial charge in [-0.15, -0.1) is 0 Å². The first-order chi connectivity index (χ1) is 11.2. The first-order valence-electron chi connectivity index (χ1n) is 7.80. The lowest BCUT2D eigenvalue weighted by molar-refractivity contribution is -0.00702. The number of ether oxygens (including phenoxy) is 1. The van der Waals surface area contributed by atoms with Crippen LogP contribution >= 0.6 is 0 Å².